The fraction of sp³-hybridized carbons (Fsp3) is 0.286. The molecule has 3 aromatic rings. The Hall–Kier alpha value is -3.19. The van der Waals surface area contributed by atoms with Gasteiger partial charge in [-0.25, -0.2) is 0 Å². The molecular weight excluding hydrogens is 352 g/mol. The van der Waals surface area contributed by atoms with Crippen LogP contribution in [0.4, 0.5) is 28.8 Å². The minimum Gasteiger partial charge on any atom is -0.378 e. The number of morpholine rings is 1. The molecule has 2 N–H and O–H groups in total. The van der Waals surface area contributed by atoms with Crippen molar-refractivity contribution in [2.45, 2.75) is 13.3 Å². The number of nitrogens with one attached hydrogen (secondary N) is 2. The molecule has 7 heteroatoms. The molecule has 1 saturated heterocycles. The summed E-state index contributed by atoms with van der Waals surface area (Å²) in [5.74, 6) is 1.11. The summed E-state index contributed by atoms with van der Waals surface area (Å²) in [5.41, 5.74) is 4.33. The number of aryl methyl sites for hydroxylation is 1. The van der Waals surface area contributed by atoms with E-state index in [0.717, 1.165) is 49.8 Å². The average Bonchev–Trinajstić information content (AvgIpc) is 2.75. The van der Waals surface area contributed by atoms with Gasteiger partial charge in [-0.05, 0) is 30.2 Å². The van der Waals surface area contributed by atoms with Gasteiger partial charge >= 0.3 is 0 Å². The summed E-state index contributed by atoms with van der Waals surface area (Å²) in [6.07, 6.45) is 2.56. The first-order valence-corrected chi connectivity index (χ1v) is 9.57. The van der Waals surface area contributed by atoms with E-state index in [-0.39, 0.29) is 0 Å². The van der Waals surface area contributed by atoms with Gasteiger partial charge in [0.05, 0.1) is 30.8 Å². The Kier molecular flexibility index (Phi) is 5.63. The number of hydrogen-bond acceptors (Lipinski definition) is 7. The molecule has 0 aliphatic carbocycles. The van der Waals surface area contributed by atoms with Crippen molar-refractivity contribution in [3.8, 4) is 0 Å². The van der Waals surface area contributed by atoms with Gasteiger partial charge < -0.3 is 20.3 Å². The minimum absolute atomic E-state index is 0.467. The third-order valence-electron chi connectivity index (χ3n) is 4.72. The fourth-order valence-corrected chi connectivity index (χ4v) is 3.29. The number of hydrogen-bond donors (Lipinski definition) is 2. The lowest BCUT2D eigenvalue weighted by molar-refractivity contribution is 0.123. The summed E-state index contributed by atoms with van der Waals surface area (Å²) in [5, 5.41) is 14.9. The number of aromatic nitrogens is 3. The first kappa shape index (κ1) is 18.2. The second kappa shape index (κ2) is 8.67. The van der Waals surface area contributed by atoms with E-state index in [0.29, 0.717) is 11.8 Å². The summed E-state index contributed by atoms with van der Waals surface area (Å²) < 4.78 is 5.47. The van der Waals surface area contributed by atoms with E-state index in [9.17, 15) is 0 Å². The molecule has 0 spiro atoms. The van der Waals surface area contributed by atoms with Gasteiger partial charge in [-0.1, -0.05) is 37.3 Å². The maximum Gasteiger partial charge on any atom is 0.249 e. The van der Waals surface area contributed by atoms with Crippen LogP contribution >= 0.6 is 0 Å². The lowest BCUT2D eigenvalue weighted by Gasteiger charge is -2.30. The highest BCUT2D eigenvalue weighted by atomic mass is 16.5. The summed E-state index contributed by atoms with van der Waals surface area (Å²) >= 11 is 0. The maximum atomic E-state index is 5.47. The summed E-state index contributed by atoms with van der Waals surface area (Å²) in [6, 6.07) is 16.4. The molecule has 1 aliphatic heterocycles. The molecule has 0 atom stereocenters. The van der Waals surface area contributed by atoms with E-state index < -0.39 is 0 Å². The van der Waals surface area contributed by atoms with Crippen LogP contribution in [-0.4, -0.2) is 41.5 Å². The van der Waals surface area contributed by atoms with Gasteiger partial charge in [0.15, 0.2) is 5.82 Å². The van der Waals surface area contributed by atoms with Crippen molar-refractivity contribution in [2.75, 3.05) is 41.8 Å². The zero-order chi connectivity index (χ0) is 19.2. The molecule has 7 nitrogen and oxygen atoms in total. The zero-order valence-corrected chi connectivity index (χ0v) is 15.9. The van der Waals surface area contributed by atoms with E-state index in [1.54, 1.807) is 6.20 Å². The summed E-state index contributed by atoms with van der Waals surface area (Å²) in [6.45, 7) is 5.37. The third-order valence-corrected chi connectivity index (χ3v) is 4.72. The quantitative estimate of drug-likeness (QED) is 0.678. The Labute approximate surface area is 164 Å². The molecule has 0 amide bonds. The molecule has 0 bridgehead atoms. The predicted molar refractivity (Wildman–Crippen MR) is 112 cm³/mol. The molecule has 0 unspecified atom stereocenters. The zero-order valence-electron chi connectivity index (χ0n) is 15.9. The molecule has 0 saturated carbocycles. The Balaban J connectivity index is 1.54. The smallest absolute Gasteiger partial charge is 0.249 e. The number of benzene rings is 2. The second-order valence-electron chi connectivity index (χ2n) is 6.54. The average molecular weight is 376 g/mol. The van der Waals surface area contributed by atoms with Crippen molar-refractivity contribution in [2.24, 2.45) is 0 Å². The molecule has 1 aromatic heterocycles. The first-order valence-electron chi connectivity index (χ1n) is 9.57. The fourth-order valence-electron chi connectivity index (χ4n) is 3.29. The lowest BCUT2D eigenvalue weighted by atomic mass is 10.1. The number of para-hydroxylation sites is 3. The van der Waals surface area contributed by atoms with Crippen molar-refractivity contribution >= 4 is 28.8 Å². The normalized spacial score (nSPS) is 14.0. The van der Waals surface area contributed by atoms with E-state index in [4.69, 9.17) is 4.74 Å². The van der Waals surface area contributed by atoms with Crippen LogP contribution in [0.25, 0.3) is 0 Å². The standard InChI is InChI=1S/C21H24N6O/c1-2-16-7-3-4-8-17(16)24-21-25-20(15-22-26-21)23-18-9-5-6-10-19(18)27-11-13-28-14-12-27/h3-10,15H,2,11-14H2,1H3,(H2,23,24,25,26). The number of ether oxygens (including phenoxy) is 1. The van der Waals surface area contributed by atoms with Gasteiger partial charge in [0.2, 0.25) is 5.95 Å². The molecule has 1 aliphatic rings. The van der Waals surface area contributed by atoms with Crippen molar-refractivity contribution in [1.29, 1.82) is 0 Å². The van der Waals surface area contributed by atoms with E-state index in [1.165, 1.54) is 5.56 Å². The minimum atomic E-state index is 0.467. The monoisotopic (exact) mass is 376 g/mol. The van der Waals surface area contributed by atoms with Crippen molar-refractivity contribution in [1.82, 2.24) is 15.2 Å². The van der Waals surface area contributed by atoms with E-state index in [2.05, 4.69) is 49.8 Å². The van der Waals surface area contributed by atoms with Gasteiger partial charge in [-0.3, -0.25) is 0 Å². The Morgan fingerprint density at radius 1 is 0.964 bits per heavy atom. The van der Waals surface area contributed by atoms with Gasteiger partial charge in [0, 0.05) is 18.8 Å². The Morgan fingerprint density at radius 2 is 1.71 bits per heavy atom. The van der Waals surface area contributed by atoms with E-state index in [1.807, 2.05) is 36.4 Å². The van der Waals surface area contributed by atoms with Gasteiger partial charge in [0.25, 0.3) is 0 Å². The van der Waals surface area contributed by atoms with Crippen molar-refractivity contribution in [3.63, 3.8) is 0 Å². The summed E-state index contributed by atoms with van der Waals surface area (Å²) in [7, 11) is 0. The second-order valence-corrected chi connectivity index (χ2v) is 6.54. The molecule has 2 aromatic carbocycles. The topological polar surface area (TPSA) is 75.2 Å². The Bertz CT molecular complexity index is 926. The lowest BCUT2D eigenvalue weighted by Crippen LogP contribution is -2.36. The molecular formula is C21H24N6O. The van der Waals surface area contributed by atoms with Crippen LogP contribution in [-0.2, 0) is 11.2 Å². The van der Waals surface area contributed by atoms with Gasteiger partial charge in [0.1, 0.15) is 0 Å². The molecule has 28 heavy (non-hydrogen) atoms. The van der Waals surface area contributed by atoms with Crippen molar-refractivity contribution in [3.05, 3.63) is 60.3 Å². The highest BCUT2D eigenvalue weighted by Crippen LogP contribution is 2.29. The number of nitrogens with zero attached hydrogens (tertiary/aromatic N) is 4. The largest absolute Gasteiger partial charge is 0.378 e. The highest BCUT2D eigenvalue weighted by molar-refractivity contribution is 5.74. The molecule has 4 rings (SSSR count). The number of anilines is 5. The van der Waals surface area contributed by atoms with Crippen LogP contribution in [0.3, 0.4) is 0 Å². The predicted octanol–water partition coefficient (Wildman–Crippen LogP) is 3.76. The first-order chi connectivity index (χ1) is 13.8. The van der Waals surface area contributed by atoms with Crippen LogP contribution in [0.15, 0.2) is 54.7 Å². The number of rotatable bonds is 6. The third kappa shape index (κ3) is 4.20. The molecule has 0 radical (unpaired) electrons. The highest BCUT2D eigenvalue weighted by Gasteiger charge is 2.15. The maximum absolute atomic E-state index is 5.47. The molecule has 144 valence electrons. The van der Waals surface area contributed by atoms with Gasteiger partial charge in [-0.15, -0.1) is 5.10 Å². The molecule has 1 fully saturated rings. The van der Waals surface area contributed by atoms with Crippen LogP contribution in [0, 0.1) is 0 Å². The van der Waals surface area contributed by atoms with Crippen LogP contribution in [0.1, 0.15) is 12.5 Å². The SMILES string of the molecule is CCc1ccccc1Nc1nncc(Nc2ccccc2N2CCOCC2)n1. The Morgan fingerprint density at radius 3 is 2.54 bits per heavy atom. The van der Waals surface area contributed by atoms with Crippen LogP contribution in [0.5, 0.6) is 0 Å². The summed E-state index contributed by atoms with van der Waals surface area (Å²) in [4.78, 5) is 6.90. The van der Waals surface area contributed by atoms with Crippen molar-refractivity contribution < 1.29 is 4.74 Å². The van der Waals surface area contributed by atoms with E-state index >= 15 is 0 Å². The van der Waals surface area contributed by atoms with Crippen LogP contribution < -0.4 is 15.5 Å². The molecule has 2 heterocycles. The van der Waals surface area contributed by atoms with Crippen LogP contribution in [0.2, 0.25) is 0 Å². The van der Waals surface area contributed by atoms with Gasteiger partial charge in [-0.2, -0.15) is 10.1 Å².